The Morgan fingerprint density at radius 2 is 0.950 bits per heavy atom. The molecule has 346 valence electrons. The fourth-order valence-corrected chi connectivity index (χ4v) is 6.76. The number of hydrogen-bond acceptors (Lipinski definition) is 8. The van der Waals surface area contributed by atoms with E-state index >= 15 is 0 Å². The molecule has 0 saturated heterocycles. The van der Waals surface area contributed by atoms with Crippen LogP contribution in [0.15, 0.2) is 72.9 Å². The quantitative estimate of drug-likeness (QED) is 0.0196. The predicted octanol–water partition coefficient (Wildman–Crippen LogP) is 13.2. The highest BCUT2D eigenvalue weighted by atomic mass is 31.2. The number of nitrogens with zero attached hydrogens (tertiary/aromatic N) is 1. The smallest absolute Gasteiger partial charge is 0.306 e. The lowest BCUT2D eigenvalue weighted by atomic mass is 10.1. The van der Waals surface area contributed by atoms with Crippen molar-refractivity contribution < 1.29 is 42.1 Å². The van der Waals surface area contributed by atoms with Crippen molar-refractivity contribution in [3.8, 4) is 0 Å². The molecule has 0 rings (SSSR count). The number of carbonyl (C=O) groups is 2. The van der Waals surface area contributed by atoms with Crippen LogP contribution in [0.1, 0.15) is 181 Å². The number of phosphoric acid groups is 1. The number of phosphoric ester groups is 1. The summed E-state index contributed by atoms with van der Waals surface area (Å²) >= 11 is 0. The first-order valence-corrected chi connectivity index (χ1v) is 25.1. The molecule has 0 aliphatic heterocycles. The summed E-state index contributed by atoms with van der Waals surface area (Å²) < 4.78 is 33.9. The van der Waals surface area contributed by atoms with E-state index in [4.69, 9.17) is 18.5 Å². The van der Waals surface area contributed by atoms with E-state index in [-0.39, 0.29) is 26.1 Å². The lowest BCUT2D eigenvalue weighted by molar-refractivity contribution is -0.870. The number of likely N-dealkylation sites (N-methyl/N-ethyl adjacent to an activating group) is 1. The number of quaternary nitrogens is 1. The largest absolute Gasteiger partial charge is 0.756 e. The second kappa shape index (κ2) is 41.8. The summed E-state index contributed by atoms with van der Waals surface area (Å²) in [4.78, 5) is 37.6. The molecular weight excluding hydrogens is 774 g/mol. The molecule has 0 aliphatic rings. The summed E-state index contributed by atoms with van der Waals surface area (Å²) in [5.74, 6) is -0.878. The Morgan fingerprint density at radius 3 is 1.45 bits per heavy atom. The van der Waals surface area contributed by atoms with Crippen LogP contribution in [0, 0.1) is 0 Å². The van der Waals surface area contributed by atoms with Crippen LogP contribution in [0.2, 0.25) is 0 Å². The van der Waals surface area contributed by atoms with Crippen LogP contribution in [0.3, 0.4) is 0 Å². The third-order valence-corrected chi connectivity index (χ3v) is 10.7. The highest BCUT2D eigenvalue weighted by Crippen LogP contribution is 2.38. The van der Waals surface area contributed by atoms with Crippen molar-refractivity contribution in [1.29, 1.82) is 0 Å². The number of rotatable bonds is 42. The van der Waals surface area contributed by atoms with Crippen molar-refractivity contribution >= 4 is 19.8 Å². The minimum absolute atomic E-state index is 0.0400. The Balaban J connectivity index is 4.39. The van der Waals surface area contributed by atoms with Gasteiger partial charge in [-0.15, -0.1) is 0 Å². The minimum Gasteiger partial charge on any atom is -0.756 e. The lowest BCUT2D eigenvalue weighted by Crippen LogP contribution is -2.37. The zero-order chi connectivity index (χ0) is 44.3. The number of allylic oxidation sites excluding steroid dienone is 12. The van der Waals surface area contributed by atoms with Gasteiger partial charge in [-0.1, -0.05) is 157 Å². The fraction of sp³-hybridized carbons (Fsp3) is 0.720. The van der Waals surface area contributed by atoms with E-state index in [1.54, 1.807) is 0 Å². The van der Waals surface area contributed by atoms with Gasteiger partial charge in [0.2, 0.25) is 0 Å². The van der Waals surface area contributed by atoms with E-state index in [0.29, 0.717) is 23.9 Å². The zero-order valence-corrected chi connectivity index (χ0v) is 39.8. The monoisotopic (exact) mass is 862 g/mol. The molecule has 0 aliphatic carbocycles. The van der Waals surface area contributed by atoms with Crippen LogP contribution in [-0.4, -0.2) is 70.0 Å². The summed E-state index contributed by atoms with van der Waals surface area (Å²) in [6, 6.07) is 0. The molecule has 0 aromatic carbocycles. The molecule has 2 atom stereocenters. The Bertz CT molecular complexity index is 1250. The van der Waals surface area contributed by atoms with Gasteiger partial charge in [-0.05, 0) is 83.5 Å². The maximum atomic E-state index is 12.7. The normalized spacial score (nSPS) is 14.2. The molecule has 0 saturated carbocycles. The van der Waals surface area contributed by atoms with Gasteiger partial charge in [-0.3, -0.25) is 14.2 Å². The zero-order valence-electron chi connectivity index (χ0n) is 38.9. The maximum absolute atomic E-state index is 12.7. The van der Waals surface area contributed by atoms with Crippen LogP contribution in [0.5, 0.6) is 0 Å². The third kappa shape index (κ3) is 45.0. The van der Waals surface area contributed by atoms with Gasteiger partial charge in [0, 0.05) is 12.8 Å². The summed E-state index contributed by atoms with van der Waals surface area (Å²) in [7, 11) is 1.14. The molecular formula is C50H88NO8P. The van der Waals surface area contributed by atoms with E-state index < -0.39 is 32.5 Å². The SMILES string of the molecule is CC/C=C/C/C=C/C/C=C/C/C=C/C/C=C/CCCCCC(=O)OC[C@H](COP(=O)([O-])OCC[N+](C)(C)C)OC(=O)CCCCCCCCCCC/C=C/CCCCCC. The summed E-state index contributed by atoms with van der Waals surface area (Å²) in [6.45, 7) is 4.06. The van der Waals surface area contributed by atoms with Gasteiger partial charge in [0.1, 0.15) is 19.8 Å². The van der Waals surface area contributed by atoms with Gasteiger partial charge in [-0.2, -0.15) is 0 Å². The number of hydrogen-bond donors (Lipinski definition) is 0. The second-order valence-electron chi connectivity index (χ2n) is 16.7. The molecule has 0 fully saturated rings. The first-order chi connectivity index (χ1) is 29.0. The molecule has 0 bridgehead atoms. The van der Waals surface area contributed by atoms with E-state index in [9.17, 15) is 19.0 Å². The molecule has 0 aromatic rings. The first-order valence-electron chi connectivity index (χ1n) is 23.6. The van der Waals surface area contributed by atoms with E-state index in [1.807, 2.05) is 21.1 Å². The molecule has 60 heavy (non-hydrogen) atoms. The van der Waals surface area contributed by atoms with Crippen LogP contribution >= 0.6 is 7.82 Å². The van der Waals surface area contributed by atoms with Gasteiger partial charge < -0.3 is 27.9 Å². The fourth-order valence-electron chi connectivity index (χ4n) is 6.03. The van der Waals surface area contributed by atoms with Crippen molar-refractivity contribution in [2.45, 2.75) is 187 Å². The van der Waals surface area contributed by atoms with Crippen LogP contribution in [-0.2, 0) is 32.7 Å². The second-order valence-corrected chi connectivity index (χ2v) is 18.1. The van der Waals surface area contributed by atoms with Crippen molar-refractivity contribution in [3.05, 3.63) is 72.9 Å². The van der Waals surface area contributed by atoms with Crippen LogP contribution < -0.4 is 4.89 Å². The number of carbonyl (C=O) groups excluding carboxylic acids is 2. The lowest BCUT2D eigenvalue weighted by Gasteiger charge is -2.28. The summed E-state index contributed by atoms with van der Waals surface area (Å²) in [5, 5.41) is 0. The van der Waals surface area contributed by atoms with Crippen LogP contribution in [0.4, 0.5) is 0 Å². The minimum atomic E-state index is -4.64. The Morgan fingerprint density at radius 1 is 0.533 bits per heavy atom. The molecule has 0 amide bonds. The topological polar surface area (TPSA) is 111 Å². The number of ether oxygens (including phenoxy) is 2. The summed E-state index contributed by atoms with van der Waals surface area (Å²) in [6.07, 6.45) is 52.1. The van der Waals surface area contributed by atoms with E-state index in [1.165, 1.54) is 70.6 Å². The van der Waals surface area contributed by atoms with Gasteiger partial charge in [0.05, 0.1) is 27.7 Å². The molecule has 0 spiro atoms. The highest BCUT2D eigenvalue weighted by Gasteiger charge is 2.21. The predicted molar refractivity (Wildman–Crippen MR) is 249 cm³/mol. The number of unbranched alkanes of at least 4 members (excludes halogenated alkanes) is 16. The highest BCUT2D eigenvalue weighted by molar-refractivity contribution is 7.45. The molecule has 0 heterocycles. The molecule has 0 aromatic heterocycles. The molecule has 0 radical (unpaired) electrons. The van der Waals surface area contributed by atoms with Gasteiger partial charge in [-0.25, -0.2) is 0 Å². The molecule has 10 heteroatoms. The first kappa shape index (κ1) is 57.4. The van der Waals surface area contributed by atoms with E-state index in [0.717, 1.165) is 70.6 Å². The number of esters is 2. The van der Waals surface area contributed by atoms with Gasteiger partial charge in [0.15, 0.2) is 6.10 Å². The maximum Gasteiger partial charge on any atom is 0.306 e. The van der Waals surface area contributed by atoms with Crippen molar-refractivity contribution in [1.82, 2.24) is 0 Å². The average molecular weight is 862 g/mol. The Kier molecular flexibility index (Phi) is 40.0. The van der Waals surface area contributed by atoms with Gasteiger partial charge >= 0.3 is 11.9 Å². The molecule has 0 N–H and O–H groups in total. The molecule has 9 nitrogen and oxygen atoms in total. The Labute approximate surface area is 368 Å². The average Bonchev–Trinajstić information content (AvgIpc) is 3.20. The van der Waals surface area contributed by atoms with Crippen molar-refractivity contribution in [3.63, 3.8) is 0 Å². The third-order valence-electron chi connectivity index (χ3n) is 9.71. The Hall–Kier alpha value is -2.55. The molecule has 1 unspecified atom stereocenters. The summed E-state index contributed by atoms with van der Waals surface area (Å²) in [5.41, 5.74) is 0. The van der Waals surface area contributed by atoms with Crippen molar-refractivity contribution in [2.75, 3.05) is 47.5 Å². The van der Waals surface area contributed by atoms with Crippen molar-refractivity contribution in [2.24, 2.45) is 0 Å². The van der Waals surface area contributed by atoms with Crippen LogP contribution in [0.25, 0.3) is 0 Å². The standard InChI is InChI=1S/C50H88NO8P/c1-6-8-10-12-14-16-18-20-22-24-25-27-28-30-32-34-36-38-40-42-49(52)56-46-48(47-58-60(54,55)57-45-44-51(3,4)5)59-50(53)43-41-39-37-35-33-31-29-26-23-21-19-17-15-13-11-9-7-2/h8,10,14,16-17,19-20,22,25,27,30,32,48H,6-7,9,11-13,15,18,21,23-24,26,28-29,31,33-47H2,1-5H3/b10-8+,16-14+,19-17+,22-20+,27-25+,32-30+/t48-/m1/s1. The van der Waals surface area contributed by atoms with E-state index in [2.05, 4.69) is 86.8 Å². The van der Waals surface area contributed by atoms with Gasteiger partial charge in [0.25, 0.3) is 7.82 Å².